The minimum Gasteiger partial charge on any atom is -0.490 e. The van der Waals surface area contributed by atoms with E-state index in [0.717, 1.165) is 43.5 Å². The summed E-state index contributed by atoms with van der Waals surface area (Å²) >= 11 is 0. The normalized spacial score (nSPS) is 17.8. The van der Waals surface area contributed by atoms with Crippen molar-refractivity contribution in [2.75, 3.05) is 32.8 Å². The molecule has 1 amide bonds. The summed E-state index contributed by atoms with van der Waals surface area (Å²) in [6.45, 7) is 5.33. The molecule has 0 spiro atoms. The molecule has 1 aromatic rings. The fourth-order valence-corrected chi connectivity index (χ4v) is 2.93. The average Bonchev–Trinajstić information content (AvgIpc) is 3.18. The minimum atomic E-state index is -0.200. The Hall–Kier alpha value is -2.24. The summed E-state index contributed by atoms with van der Waals surface area (Å²) in [6, 6.07) is 7.84. The smallest absolute Gasteiger partial charge is 0.409 e. The van der Waals surface area contributed by atoms with Crippen LogP contribution in [0.4, 0.5) is 4.79 Å². The number of amides is 1. The van der Waals surface area contributed by atoms with Crippen molar-refractivity contribution in [2.24, 2.45) is 4.99 Å². The summed E-state index contributed by atoms with van der Waals surface area (Å²) in [5.41, 5.74) is 0.981. The molecule has 0 radical (unpaired) electrons. The number of carbonyl (C=O) groups is 1. The van der Waals surface area contributed by atoms with E-state index in [4.69, 9.17) is 14.2 Å². The zero-order valence-electron chi connectivity index (χ0n) is 14.8. The second-order valence-electron chi connectivity index (χ2n) is 6.33. The third kappa shape index (κ3) is 4.87. The van der Waals surface area contributed by atoms with Crippen molar-refractivity contribution in [3.8, 4) is 5.75 Å². The van der Waals surface area contributed by atoms with Gasteiger partial charge in [0.1, 0.15) is 18.5 Å². The molecule has 0 saturated carbocycles. The zero-order valence-corrected chi connectivity index (χ0v) is 14.8. The summed E-state index contributed by atoms with van der Waals surface area (Å²) in [5.74, 6) is 1.55. The molecule has 0 bridgehead atoms. The molecule has 2 heterocycles. The Morgan fingerprint density at radius 3 is 2.68 bits per heavy atom. The van der Waals surface area contributed by atoms with Crippen LogP contribution in [0.2, 0.25) is 0 Å². The number of ether oxygens (including phenoxy) is 3. The third-order valence-corrected chi connectivity index (χ3v) is 4.41. The molecule has 0 atom stereocenters. The Kier molecular flexibility index (Phi) is 6.14. The average molecular weight is 346 g/mol. The highest BCUT2D eigenvalue weighted by molar-refractivity contribution is 5.95. The Labute approximate surface area is 148 Å². The van der Waals surface area contributed by atoms with E-state index < -0.39 is 0 Å². The van der Waals surface area contributed by atoms with E-state index in [0.29, 0.717) is 32.2 Å². The number of hydrogen-bond acceptors (Lipinski definition) is 5. The summed E-state index contributed by atoms with van der Waals surface area (Å²) < 4.78 is 16.8. The van der Waals surface area contributed by atoms with Gasteiger partial charge in [-0.1, -0.05) is 13.3 Å². The van der Waals surface area contributed by atoms with Crippen molar-refractivity contribution in [2.45, 2.75) is 38.7 Å². The van der Waals surface area contributed by atoms with E-state index >= 15 is 0 Å². The van der Waals surface area contributed by atoms with E-state index in [1.807, 2.05) is 24.3 Å². The van der Waals surface area contributed by atoms with Crippen LogP contribution in [0.25, 0.3) is 0 Å². The molecule has 2 aliphatic rings. The number of carbonyl (C=O) groups excluding carboxylic acids is 1. The summed E-state index contributed by atoms with van der Waals surface area (Å²) in [5, 5.41) is 0. The Morgan fingerprint density at radius 1 is 1.28 bits per heavy atom. The standard InChI is InChI=1S/C19H26N2O4/c1-2-3-13-24-19(22)21-11-8-17(9-12-21)25-16-6-4-15(5-7-16)18-20-10-14-23-18/h4-7,17H,2-3,8-14H2,1H3. The molecule has 6 heteroatoms. The maximum atomic E-state index is 11.9. The van der Waals surface area contributed by atoms with Gasteiger partial charge in [-0.3, -0.25) is 0 Å². The molecule has 3 rings (SSSR count). The monoisotopic (exact) mass is 346 g/mol. The van der Waals surface area contributed by atoms with Crippen LogP contribution in [0.5, 0.6) is 5.75 Å². The first-order chi connectivity index (χ1) is 12.3. The number of nitrogens with zero attached hydrogens (tertiary/aromatic N) is 2. The Morgan fingerprint density at radius 2 is 2.04 bits per heavy atom. The first kappa shape index (κ1) is 17.6. The van der Waals surface area contributed by atoms with Crippen LogP contribution in [0, 0.1) is 0 Å². The number of rotatable bonds is 6. The van der Waals surface area contributed by atoms with E-state index in [-0.39, 0.29) is 12.2 Å². The first-order valence-corrected chi connectivity index (χ1v) is 9.12. The van der Waals surface area contributed by atoms with Crippen molar-refractivity contribution in [3.05, 3.63) is 29.8 Å². The highest BCUT2D eigenvalue weighted by Crippen LogP contribution is 2.21. The number of piperidine rings is 1. The van der Waals surface area contributed by atoms with E-state index in [1.54, 1.807) is 4.90 Å². The van der Waals surface area contributed by atoms with Gasteiger partial charge in [0.2, 0.25) is 5.90 Å². The zero-order chi connectivity index (χ0) is 17.5. The van der Waals surface area contributed by atoms with Crippen LogP contribution >= 0.6 is 0 Å². The molecular weight excluding hydrogens is 320 g/mol. The predicted molar refractivity (Wildman–Crippen MR) is 95.3 cm³/mol. The molecule has 1 fully saturated rings. The SMILES string of the molecule is CCCCOC(=O)N1CCC(Oc2ccc(C3=NCCO3)cc2)CC1. The van der Waals surface area contributed by atoms with E-state index in [9.17, 15) is 4.79 Å². The van der Waals surface area contributed by atoms with Gasteiger partial charge in [-0.2, -0.15) is 0 Å². The first-order valence-electron chi connectivity index (χ1n) is 9.12. The number of likely N-dealkylation sites (tertiary alicyclic amines) is 1. The van der Waals surface area contributed by atoms with Gasteiger partial charge in [0.25, 0.3) is 0 Å². The maximum Gasteiger partial charge on any atom is 0.409 e. The van der Waals surface area contributed by atoms with Crippen LogP contribution in [0.3, 0.4) is 0 Å². The molecule has 25 heavy (non-hydrogen) atoms. The number of hydrogen-bond donors (Lipinski definition) is 0. The third-order valence-electron chi connectivity index (χ3n) is 4.41. The molecule has 1 saturated heterocycles. The van der Waals surface area contributed by atoms with Crippen LogP contribution in [-0.4, -0.2) is 55.8 Å². The lowest BCUT2D eigenvalue weighted by Gasteiger charge is -2.31. The number of benzene rings is 1. The van der Waals surface area contributed by atoms with Crippen molar-refractivity contribution in [1.82, 2.24) is 4.90 Å². The van der Waals surface area contributed by atoms with E-state index in [2.05, 4.69) is 11.9 Å². The molecule has 6 nitrogen and oxygen atoms in total. The topological polar surface area (TPSA) is 60.4 Å². The van der Waals surface area contributed by atoms with Crippen LogP contribution in [-0.2, 0) is 9.47 Å². The van der Waals surface area contributed by atoms with Crippen LogP contribution in [0.1, 0.15) is 38.2 Å². The molecule has 0 aromatic heterocycles. The van der Waals surface area contributed by atoms with Crippen LogP contribution < -0.4 is 4.74 Å². The van der Waals surface area contributed by atoms with Crippen molar-refractivity contribution in [3.63, 3.8) is 0 Å². The predicted octanol–water partition coefficient (Wildman–Crippen LogP) is 3.24. The summed E-state index contributed by atoms with van der Waals surface area (Å²) in [6.07, 6.45) is 3.51. The van der Waals surface area contributed by atoms with Gasteiger partial charge in [0, 0.05) is 31.5 Å². The fourth-order valence-electron chi connectivity index (χ4n) is 2.93. The van der Waals surface area contributed by atoms with Gasteiger partial charge < -0.3 is 19.1 Å². The lowest BCUT2D eigenvalue weighted by atomic mass is 10.1. The second-order valence-corrected chi connectivity index (χ2v) is 6.33. The van der Waals surface area contributed by atoms with Crippen molar-refractivity contribution in [1.29, 1.82) is 0 Å². The van der Waals surface area contributed by atoms with Crippen LogP contribution in [0.15, 0.2) is 29.3 Å². The van der Waals surface area contributed by atoms with Crippen molar-refractivity contribution >= 4 is 12.0 Å². The van der Waals surface area contributed by atoms with Gasteiger partial charge in [0.05, 0.1) is 13.2 Å². The summed E-state index contributed by atoms with van der Waals surface area (Å²) in [4.78, 5) is 18.0. The highest BCUT2D eigenvalue weighted by Gasteiger charge is 2.24. The molecular formula is C19H26N2O4. The minimum absolute atomic E-state index is 0.130. The number of aliphatic imine (C=N–C) groups is 1. The molecule has 136 valence electrons. The van der Waals surface area contributed by atoms with Gasteiger partial charge in [-0.15, -0.1) is 0 Å². The van der Waals surface area contributed by atoms with Gasteiger partial charge >= 0.3 is 6.09 Å². The number of unbranched alkanes of at least 4 members (excludes halogenated alkanes) is 1. The van der Waals surface area contributed by atoms with Crippen molar-refractivity contribution < 1.29 is 19.0 Å². The molecule has 0 N–H and O–H groups in total. The lowest BCUT2D eigenvalue weighted by Crippen LogP contribution is -2.42. The van der Waals surface area contributed by atoms with Gasteiger partial charge in [0.15, 0.2) is 0 Å². The molecule has 0 unspecified atom stereocenters. The summed E-state index contributed by atoms with van der Waals surface area (Å²) in [7, 11) is 0. The molecule has 2 aliphatic heterocycles. The Bertz CT molecular complexity index is 592. The fraction of sp³-hybridized carbons (Fsp3) is 0.579. The lowest BCUT2D eigenvalue weighted by molar-refractivity contribution is 0.0670. The molecule has 1 aromatic carbocycles. The maximum absolute atomic E-state index is 11.9. The Balaban J connectivity index is 1.43. The quantitative estimate of drug-likeness (QED) is 0.742. The van der Waals surface area contributed by atoms with Gasteiger partial charge in [-0.05, 0) is 30.7 Å². The highest BCUT2D eigenvalue weighted by atomic mass is 16.6. The largest absolute Gasteiger partial charge is 0.490 e. The van der Waals surface area contributed by atoms with Gasteiger partial charge in [-0.25, -0.2) is 9.79 Å². The van der Waals surface area contributed by atoms with E-state index in [1.165, 1.54) is 0 Å². The second kappa shape index (κ2) is 8.74. The molecule has 0 aliphatic carbocycles.